The molecule has 4 fully saturated rings. The van der Waals surface area contributed by atoms with Crippen molar-refractivity contribution in [3.8, 4) is 17.2 Å². The standard InChI is InChI=1S/C68H88N8O22S/c1-35(2)55(72-48(79)17-10-9-11-23-76-49(80)30-46(99-8)62(76)86)43(77)28-38(14-13-22-70-65(69)87)61(85)71-39-20-18-37(19-21-39)33-94-66(88)73(4)24-25-74(5)67(89)95-34-47(78)68(90)31-41-52(59(84)54-53(57(41)82)56(81)40-15-12-16-44(91-6)51(40)58(54)83)45(32-68)97-50-29-42-60(36(3)96-50)98-63-64(92-7)93-27-26-75(42)63/h12,15-16,18-21,35-36,38,42,45-46,50,55,60,63-64,82,84,90H,9-11,13-14,17,22-34H2,1-8H3,(H,71,85)(H,72,79)(H3,69,70,87)/t36-,38-,42-,45-,46?,50-,55+,60+,63+,64-,68-/m0/s1. The molecule has 3 aromatic rings. The maximum Gasteiger partial charge on any atom is 0.409 e. The van der Waals surface area contributed by atoms with E-state index in [-0.39, 0.29) is 134 Å². The monoisotopic (exact) mass is 1400 g/mol. The van der Waals surface area contributed by atoms with Crippen molar-refractivity contribution < 1.29 is 106 Å². The van der Waals surface area contributed by atoms with Crippen LogP contribution in [0.2, 0.25) is 0 Å². The minimum atomic E-state index is -2.49. The first kappa shape index (κ1) is 74.9. The van der Waals surface area contributed by atoms with Crippen LogP contribution in [0.15, 0.2) is 42.5 Å². The molecule has 11 atom stereocenters. The van der Waals surface area contributed by atoms with Crippen LogP contribution in [0.1, 0.15) is 140 Å². The number of likely N-dealkylation sites (tertiary alicyclic amines) is 1. The Morgan fingerprint density at radius 2 is 1.59 bits per heavy atom. The molecule has 31 heteroatoms. The summed E-state index contributed by atoms with van der Waals surface area (Å²) in [6, 6.07) is 8.75. The van der Waals surface area contributed by atoms with Gasteiger partial charge in [-0.3, -0.25) is 48.2 Å². The smallest absolute Gasteiger partial charge is 0.409 e. The third-order valence-corrected chi connectivity index (χ3v) is 19.9. The number of aromatic hydroxyl groups is 2. The number of hydrogen-bond acceptors (Lipinski definition) is 24. The Morgan fingerprint density at radius 3 is 2.25 bits per heavy atom. The summed E-state index contributed by atoms with van der Waals surface area (Å²) < 4.78 is 47.0. The van der Waals surface area contributed by atoms with Crippen LogP contribution in [0, 0.1) is 11.8 Å². The second kappa shape index (κ2) is 32.8. The molecular weight excluding hydrogens is 1310 g/mol. The summed E-state index contributed by atoms with van der Waals surface area (Å²) in [5.41, 5.74) is 1.87. The van der Waals surface area contributed by atoms with E-state index in [0.29, 0.717) is 50.1 Å². The molecule has 0 bridgehead atoms. The molecule has 538 valence electrons. The maximum absolute atomic E-state index is 14.3. The Hall–Kier alpha value is -8.30. The molecule has 1 unspecified atom stereocenters. The van der Waals surface area contributed by atoms with Gasteiger partial charge >= 0.3 is 18.2 Å². The summed E-state index contributed by atoms with van der Waals surface area (Å²) >= 11 is 1.34. The molecule has 2 aliphatic carbocycles. The number of imide groups is 1. The van der Waals surface area contributed by atoms with E-state index < -0.39 is 138 Å². The summed E-state index contributed by atoms with van der Waals surface area (Å²) in [5.74, 6) is -6.97. The number of nitrogens with one attached hydrogen (secondary N) is 3. The number of primary amides is 1. The Kier molecular flexibility index (Phi) is 24.8. The SMILES string of the molecule is COc1cccc2c1C(=O)c1c(O)c3c(c(O)c1C2=O)C[C@@](O)(C(=O)COC(=O)N(C)CCN(C)C(=O)OCc1ccc(NC(=O)[C@@H](CCCNC(N)=O)CC(=O)[C@H](NC(=O)CCCCCN2C(=O)CC(SC)C2=O)C(C)C)cc1)C[C@@H]3O[C@H]1C[C@H]2[C@H](O[C@@H]3[C@@H](OC)OCCN32)[C@H](C)O1. The average Bonchev–Trinajstić information content (AvgIpc) is 1.24. The second-order valence-corrected chi connectivity index (χ2v) is 27.0. The van der Waals surface area contributed by atoms with Gasteiger partial charge in [0.05, 0.1) is 53.9 Å². The van der Waals surface area contributed by atoms with Crippen molar-refractivity contribution in [2.45, 2.75) is 158 Å². The van der Waals surface area contributed by atoms with Crippen LogP contribution in [-0.4, -0.2) is 234 Å². The number of methoxy groups -OCH3 is 2. The fraction of sp³-hybridized carbons (Fsp3) is 0.574. The summed E-state index contributed by atoms with van der Waals surface area (Å²) in [7, 11) is 5.59. The van der Waals surface area contributed by atoms with Gasteiger partial charge in [-0.1, -0.05) is 44.5 Å². The second-order valence-electron chi connectivity index (χ2n) is 26.0. The van der Waals surface area contributed by atoms with Crippen molar-refractivity contribution in [1.29, 1.82) is 0 Å². The molecular formula is C68H88N8O22S. The number of thioether (sulfide) groups is 1. The number of phenols is 2. The fourth-order valence-electron chi connectivity index (χ4n) is 13.5. The predicted molar refractivity (Wildman–Crippen MR) is 352 cm³/mol. The number of unbranched alkanes of at least 4 members (excludes halogenated alkanes) is 2. The number of nitrogens with zero attached hydrogens (tertiary/aromatic N) is 4. The molecule has 0 spiro atoms. The molecule has 8 N–H and O–H groups in total. The first-order valence-electron chi connectivity index (χ1n) is 33.1. The number of anilines is 1. The zero-order valence-electron chi connectivity index (χ0n) is 56.7. The molecule has 9 rings (SSSR count). The quantitative estimate of drug-likeness (QED) is 0.0218. The number of phenolic OH excluding ortho intramolecular Hbond substituents is 2. The lowest BCUT2D eigenvalue weighted by atomic mass is 9.72. The molecule has 0 saturated carbocycles. The molecule has 0 radical (unpaired) electrons. The van der Waals surface area contributed by atoms with Gasteiger partial charge in [-0.25, -0.2) is 14.4 Å². The van der Waals surface area contributed by atoms with Crippen molar-refractivity contribution in [1.82, 2.24) is 30.2 Å². The lowest BCUT2D eigenvalue weighted by molar-refractivity contribution is -0.256. The lowest BCUT2D eigenvalue weighted by Crippen LogP contribution is -2.55. The first-order chi connectivity index (χ1) is 47.2. The van der Waals surface area contributed by atoms with Gasteiger partial charge in [0.15, 0.2) is 37.0 Å². The Morgan fingerprint density at radius 1 is 0.879 bits per heavy atom. The van der Waals surface area contributed by atoms with Crippen LogP contribution in [0.3, 0.4) is 0 Å². The number of carbonyl (C=O) groups excluding carboxylic acids is 11. The molecule has 99 heavy (non-hydrogen) atoms. The largest absolute Gasteiger partial charge is 0.507 e. The lowest BCUT2D eigenvalue weighted by Gasteiger charge is -2.43. The minimum absolute atomic E-state index is 0.0457. The topological polar surface area (TPSA) is 397 Å². The zero-order valence-corrected chi connectivity index (χ0v) is 57.5. The van der Waals surface area contributed by atoms with E-state index in [1.807, 2.05) is 0 Å². The molecule has 0 aromatic heterocycles. The molecule has 30 nitrogen and oxygen atoms in total. The number of morpholine rings is 1. The van der Waals surface area contributed by atoms with Crippen LogP contribution in [-0.2, 0) is 75.0 Å². The predicted octanol–water partition coefficient (Wildman–Crippen LogP) is 4.21. The third kappa shape index (κ3) is 17.0. The highest BCUT2D eigenvalue weighted by atomic mass is 32.2. The highest BCUT2D eigenvalue weighted by molar-refractivity contribution is 8.00. The van der Waals surface area contributed by atoms with Gasteiger partial charge < -0.3 is 84.7 Å². The van der Waals surface area contributed by atoms with E-state index in [0.717, 1.165) is 4.90 Å². The Balaban J connectivity index is 0.768. The zero-order chi connectivity index (χ0) is 71.7. The van der Waals surface area contributed by atoms with Crippen LogP contribution in [0.5, 0.6) is 17.2 Å². The average molecular weight is 1400 g/mol. The number of rotatable bonds is 30. The number of likely N-dealkylation sites (N-methyl/N-ethyl adjacent to an activating group) is 2. The number of fused-ring (bicyclic) bond motifs is 6. The van der Waals surface area contributed by atoms with Crippen molar-refractivity contribution in [3.63, 3.8) is 0 Å². The summed E-state index contributed by atoms with van der Waals surface area (Å²) in [4.78, 5) is 152. The number of hydrogen-bond donors (Lipinski definition) is 7. The van der Waals surface area contributed by atoms with Crippen LogP contribution in [0.4, 0.5) is 20.1 Å². The van der Waals surface area contributed by atoms with E-state index in [1.54, 1.807) is 51.3 Å². The highest BCUT2D eigenvalue weighted by Crippen LogP contribution is 2.53. The third-order valence-electron chi connectivity index (χ3n) is 19.0. The number of urea groups is 1. The van der Waals surface area contributed by atoms with Gasteiger partial charge in [0.25, 0.3) is 0 Å². The molecule has 3 aromatic carbocycles. The van der Waals surface area contributed by atoms with E-state index in [1.165, 1.54) is 68.1 Å². The maximum atomic E-state index is 14.3. The van der Waals surface area contributed by atoms with E-state index in [2.05, 4.69) is 20.9 Å². The van der Waals surface area contributed by atoms with Crippen molar-refractivity contribution in [2.24, 2.45) is 17.6 Å². The van der Waals surface area contributed by atoms with Gasteiger partial charge in [-0.2, -0.15) is 11.8 Å². The van der Waals surface area contributed by atoms with Crippen LogP contribution < -0.4 is 26.4 Å². The van der Waals surface area contributed by atoms with Gasteiger partial charge in [-0.05, 0) is 68.5 Å². The number of benzene rings is 3. The van der Waals surface area contributed by atoms with Crippen molar-refractivity contribution in [2.75, 3.05) is 85.8 Å². The van der Waals surface area contributed by atoms with E-state index in [4.69, 9.17) is 43.6 Å². The molecule has 4 saturated heterocycles. The molecule has 4 aliphatic heterocycles. The van der Waals surface area contributed by atoms with Crippen molar-refractivity contribution in [3.05, 3.63) is 81.4 Å². The molecule has 8 amide bonds. The van der Waals surface area contributed by atoms with Gasteiger partial charge in [-0.15, -0.1) is 0 Å². The normalized spacial score (nSPS) is 23.8. The van der Waals surface area contributed by atoms with Gasteiger partial charge in [0, 0.05) is 127 Å². The number of aliphatic hydroxyl groups is 1. The first-order valence-corrected chi connectivity index (χ1v) is 34.3. The number of nitrogens with two attached hydrogens (primary N) is 1. The van der Waals surface area contributed by atoms with Gasteiger partial charge in [0.2, 0.25) is 35.2 Å². The number of ketones is 4. The number of Topliss-reactive ketones (excluding diaryl/α,β-unsaturated/α-hetero) is 2. The van der Waals surface area contributed by atoms with Crippen LogP contribution in [0.25, 0.3) is 0 Å². The van der Waals surface area contributed by atoms with E-state index in [9.17, 15) is 68.1 Å². The van der Waals surface area contributed by atoms with Crippen LogP contribution >= 0.6 is 11.8 Å². The Labute approximate surface area is 576 Å². The summed E-state index contributed by atoms with van der Waals surface area (Å²) in [6.07, 6.45) is -3.88. The molecule has 6 aliphatic rings. The number of amides is 8. The van der Waals surface area contributed by atoms with E-state index >= 15 is 0 Å². The van der Waals surface area contributed by atoms with Crippen molar-refractivity contribution >= 4 is 82.4 Å². The number of carbonyl (C=O) groups is 11. The highest BCUT2D eigenvalue weighted by Gasteiger charge is 2.56. The van der Waals surface area contributed by atoms with Gasteiger partial charge in [0.1, 0.15) is 35.6 Å². The summed E-state index contributed by atoms with van der Waals surface area (Å²) in [6.45, 7) is 5.19. The number of ether oxygens (including phenoxy) is 8. The molecule has 4 heterocycles. The fourth-order valence-corrected chi connectivity index (χ4v) is 14.1. The Bertz CT molecular complexity index is 3580. The summed E-state index contributed by atoms with van der Waals surface area (Å²) in [5, 5.41) is 44.5. The minimum Gasteiger partial charge on any atom is -0.507 e.